The molecule has 1 aromatic carbocycles. The zero-order chi connectivity index (χ0) is 19.3. The number of sulfonamides is 1. The molecular formula is C17H24N2O6S. The Morgan fingerprint density at radius 3 is 2.69 bits per heavy atom. The van der Waals surface area contributed by atoms with Crippen LogP contribution in [0.15, 0.2) is 23.1 Å². The number of piperidine rings is 1. The minimum atomic E-state index is -3.81. The maximum Gasteiger partial charge on any atom is 0.310 e. The summed E-state index contributed by atoms with van der Waals surface area (Å²) in [7, 11) is -2.37. The van der Waals surface area contributed by atoms with Gasteiger partial charge in [-0.25, -0.2) is 8.42 Å². The van der Waals surface area contributed by atoms with Crippen molar-refractivity contribution in [2.75, 3.05) is 32.1 Å². The fraction of sp³-hybridized carbons (Fsp3) is 0.529. The van der Waals surface area contributed by atoms with Gasteiger partial charge in [-0.15, -0.1) is 0 Å². The summed E-state index contributed by atoms with van der Waals surface area (Å²) in [4.78, 5) is 23.3. The Hall–Kier alpha value is -2.13. The van der Waals surface area contributed by atoms with Gasteiger partial charge < -0.3 is 14.8 Å². The Kier molecular flexibility index (Phi) is 6.60. The van der Waals surface area contributed by atoms with Gasteiger partial charge in [-0.05, 0) is 38.0 Å². The predicted molar refractivity (Wildman–Crippen MR) is 95.4 cm³/mol. The zero-order valence-electron chi connectivity index (χ0n) is 15.1. The summed E-state index contributed by atoms with van der Waals surface area (Å²) in [6, 6.07) is 4.28. The first kappa shape index (κ1) is 20.2. The van der Waals surface area contributed by atoms with Crippen molar-refractivity contribution in [3.63, 3.8) is 0 Å². The van der Waals surface area contributed by atoms with Gasteiger partial charge in [0.1, 0.15) is 5.75 Å². The Morgan fingerprint density at radius 2 is 2.08 bits per heavy atom. The van der Waals surface area contributed by atoms with Crippen LogP contribution in [-0.4, -0.2) is 51.4 Å². The van der Waals surface area contributed by atoms with Crippen LogP contribution in [0.2, 0.25) is 0 Å². The summed E-state index contributed by atoms with van der Waals surface area (Å²) in [6.45, 7) is 3.73. The second-order valence-corrected chi connectivity index (χ2v) is 7.94. The Bertz CT molecular complexity index is 777. The maximum absolute atomic E-state index is 13.0. The first-order valence-electron chi connectivity index (χ1n) is 8.42. The van der Waals surface area contributed by atoms with Crippen LogP contribution in [0.25, 0.3) is 0 Å². The Morgan fingerprint density at radius 1 is 1.35 bits per heavy atom. The van der Waals surface area contributed by atoms with E-state index in [1.807, 2.05) is 0 Å². The smallest absolute Gasteiger partial charge is 0.310 e. The molecule has 9 heteroatoms. The van der Waals surface area contributed by atoms with Crippen LogP contribution in [0.3, 0.4) is 0 Å². The Balaban J connectivity index is 2.28. The van der Waals surface area contributed by atoms with Crippen molar-refractivity contribution in [1.29, 1.82) is 0 Å². The SMILES string of the molecule is CCOC(=O)C1CCCN(S(=O)(=O)c2ccc(OC)c(NC(C)=O)c2)C1. The highest BCUT2D eigenvalue weighted by Gasteiger charge is 2.34. The second-order valence-electron chi connectivity index (χ2n) is 6.00. The van der Waals surface area contributed by atoms with Gasteiger partial charge in [0.25, 0.3) is 0 Å². The average molecular weight is 384 g/mol. The largest absolute Gasteiger partial charge is 0.495 e. The lowest BCUT2D eigenvalue weighted by molar-refractivity contribution is -0.149. The van der Waals surface area contributed by atoms with E-state index < -0.39 is 15.9 Å². The van der Waals surface area contributed by atoms with Crippen LogP contribution in [-0.2, 0) is 24.3 Å². The highest BCUT2D eigenvalue weighted by molar-refractivity contribution is 7.89. The van der Waals surface area contributed by atoms with Crippen molar-refractivity contribution in [2.24, 2.45) is 5.92 Å². The van der Waals surface area contributed by atoms with Crippen LogP contribution in [0, 0.1) is 5.92 Å². The van der Waals surface area contributed by atoms with E-state index in [0.717, 1.165) is 0 Å². The summed E-state index contributed by atoms with van der Waals surface area (Å²) >= 11 is 0. The zero-order valence-corrected chi connectivity index (χ0v) is 16.0. The number of carbonyl (C=O) groups is 2. The van der Waals surface area contributed by atoms with E-state index >= 15 is 0 Å². The van der Waals surface area contributed by atoms with Crippen LogP contribution in [0.5, 0.6) is 5.75 Å². The number of amides is 1. The van der Waals surface area contributed by atoms with E-state index in [1.54, 1.807) is 6.92 Å². The lowest BCUT2D eigenvalue weighted by Crippen LogP contribution is -2.42. The third-order valence-electron chi connectivity index (χ3n) is 4.12. The molecule has 0 bridgehead atoms. The summed E-state index contributed by atoms with van der Waals surface area (Å²) < 4.78 is 37.4. The summed E-state index contributed by atoms with van der Waals surface area (Å²) in [5, 5.41) is 2.56. The molecule has 1 atom stereocenters. The van der Waals surface area contributed by atoms with E-state index in [-0.39, 0.29) is 35.6 Å². The number of esters is 1. The maximum atomic E-state index is 13.0. The molecule has 1 heterocycles. The van der Waals surface area contributed by atoms with Gasteiger partial charge in [0.05, 0.1) is 30.2 Å². The number of nitrogens with one attached hydrogen (secondary N) is 1. The third-order valence-corrected chi connectivity index (χ3v) is 5.98. The van der Waals surface area contributed by atoms with E-state index in [0.29, 0.717) is 25.1 Å². The topological polar surface area (TPSA) is 102 Å². The van der Waals surface area contributed by atoms with Crippen molar-refractivity contribution in [3.8, 4) is 5.75 Å². The predicted octanol–water partition coefficient (Wildman–Crippen LogP) is 1.62. The minimum absolute atomic E-state index is 0.0339. The van der Waals surface area contributed by atoms with Crippen LogP contribution < -0.4 is 10.1 Å². The van der Waals surface area contributed by atoms with E-state index in [9.17, 15) is 18.0 Å². The number of methoxy groups -OCH3 is 1. The molecule has 1 aliphatic rings. The highest BCUT2D eigenvalue weighted by atomic mass is 32.2. The Labute approximate surface area is 153 Å². The standard InChI is InChI=1S/C17H24N2O6S/c1-4-25-17(21)13-6-5-9-19(11-13)26(22,23)14-7-8-16(24-3)15(10-14)18-12(2)20/h7-8,10,13H,4-6,9,11H2,1-3H3,(H,18,20). The summed E-state index contributed by atoms with van der Waals surface area (Å²) in [6.07, 6.45) is 1.18. The summed E-state index contributed by atoms with van der Waals surface area (Å²) in [5.74, 6) is -0.812. The number of nitrogens with zero attached hydrogens (tertiary/aromatic N) is 1. The fourth-order valence-corrected chi connectivity index (χ4v) is 4.45. The number of carbonyl (C=O) groups excluding carboxylic acids is 2. The average Bonchev–Trinajstić information content (AvgIpc) is 2.61. The van der Waals surface area contributed by atoms with E-state index in [4.69, 9.17) is 9.47 Å². The van der Waals surface area contributed by atoms with Gasteiger partial charge in [-0.2, -0.15) is 4.31 Å². The molecule has 1 saturated heterocycles. The van der Waals surface area contributed by atoms with Crippen LogP contribution in [0.4, 0.5) is 5.69 Å². The van der Waals surface area contributed by atoms with Crippen molar-refractivity contribution >= 4 is 27.6 Å². The number of hydrogen-bond acceptors (Lipinski definition) is 6. The molecule has 0 spiro atoms. The monoisotopic (exact) mass is 384 g/mol. The minimum Gasteiger partial charge on any atom is -0.495 e. The van der Waals surface area contributed by atoms with Gasteiger partial charge >= 0.3 is 5.97 Å². The van der Waals surface area contributed by atoms with Crippen LogP contribution >= 0.6 is 0 Å². The van der Waals surface area contributed by atoms with Gasteiger partial charge in [-0.3, -0.25) is 9.59 Å². The normalized spacial score (nSPS) is 18.2. The molecule has 1 aliphatic heterocycles. The molecule has 144 valence electrons. The molecule has 1 aromatic rings. The number of hydrogen-bond donors (Lipinski definition) is 1. The molecule has 8 nitrogen and oxygen atoms in total. The third kappa shape index (κ3) is 4.53. The molecule has 1 fully saturated rings. The number of anilines is 1. The highest BCUT2D eigenvalue weighted by Crippen LogP contribution is 2.30. The molecule has 0 radical (unpaired) electrons. The van der Waals surface area contributed by atoms with Crippen LogP contribution in [0.1, 0.15) is 26.7 Å². The molecule has 1 N–H and O–H groups in total. The van der Waals surface area contributed by atoms with E-state index in [2.05, 4.69) is 5.32 Å². The van der Waals surface area contributed by atoms with Crippen molar-refractivity contribution in [3.05, 3.63) is 18.2 Å². The second kappa shape index (κ2) is 8.50. The lowest BCUT2D eigenvalue weighted by atomic mass is 10.0. The van der Waals surface area contributed by atoms with Crippen molar-refractivity contribution in [1.82, 2.24) is 4.31 Å². The summed E-state index contributed by atoms with van der Waals surface area (Å²) in [5.41, 5.74) is 0.278. The molecule has 0 saturated carbocycles. The molecule has 0 aliphatic carbocycles. The number of rotatable bonds is 6. The van der Waals surface area contributed by atoms with Crippen molar-refractivity contribution in [2.45, 2.75) is 31.6 Å². The van der Waals surface area contributed by atoms with Gasteiger partial charge in [0.2, 0.25) is 15.9 Å². The van der Waals surface area contributed by atoms with E-state index in [1.165, 1.54) is 36.5 Å². The molecule has 0 aromatic heterocycles. The lowest BCUT2D eigenvalue weighted by Gasteiger charge is -2.30. The van der Waals surface area contributed by atoms with Crippen molar-refractivity contribution < 1.29 is 27.5 Å². The fourth-order valence-electron chi connectivity index (χ4n) is 2.90. The number of benzene rings is 1. The van der Waals surface area contributed by atoms with Gasteiger partial charge in [-0.1, -0.05) is 0 Å². The van der Waals surface area contributed by atoms with Gasteiger partial charge in [0.15, 0.2) is 0 Å². The quantitative estimate of drug-likeness (QED) is 0.748. The molecular weight excluding hydrogens is 360 g/mol. The number of ether oxygens (including phenoxy) is 2. The van der Waals surface area contributed by atoms with Gasteiger partial charge in [0, 0.05) is 20.0 Å². The molecule has 1 unspecified atom stereocenters. The molecule has 26 heavy (non-hydrogen) atoms. The molecule has 2 rings (SSSR count). The first-order chi connectivity index (χ1) is 12.3. The molecule has 1 amide bonds. The first-order valence-corrected chi connectivity index (χ1v) is 9.86.